The van der Waals surface area contributed by atoms with E-state index in [0.717, 1.165) is 51.2 Å². The van der Waals surface area contributed by atoms with Crippen LogP contribution in [0.15, 0.2) is 0 Å². The van der Waals surface area contributed by atoms with Crippen molar-refractivity contribution in [3.05, 3.63) is 0 Å². The molecule has 0 aromatic rings. The van der Waals surface area contributed by atoms with Gasteiger partial charge in [0.15, 0.2) is 0 Å². The van der Waals surface area contributed by atoms with E-state index in [0.29, 0.717) is 5.78 Å². The molecule has 3 aliphatic carbocycles. The maximum absolute atomic E-state index is 11.6. The third-order valence-corrected chi connectivity index (χ3v) is 4.53. The van der Waals surface area contributed by atoms with Crippen LogP contribution in [0, 0.1) is 10.8 Å². The van der Waals surface area contributed by atoms with Gasteiger partial charge in [-0.05, 0) is 45.4 Å². The summed E-state index contributed by atoms with van der Waals surface area (Å²) >= 11 is 0. The molecule has 0 spiro atoms. The van der Waals surface area contributed by atoms with Gasteiger partial charge in [-0.2, -0.15) is 0 Å². The SMILES string of the molecule is CC.CC(=O)C12CCCC(C=O)(CC1)CC2. The number of aldehydes is 1. The number of Topliss-reactive ketones (excluding diaryl/α,β-unsaturated/α-hetero) is 1. The Labute approximate surface area is 98.8 Å². The Bertz CT molecular complexity index is 260. The molecule has 3 aliphatic rings. The number of ketones is 1. The summed E-state index contributed by atoms with van der Waals surface area (Å²) in [6.45, 7) is 5.72. The summed E-state index contributed by atoms with van der Waals surface area (Å²) in [6.07, 6.45) is 8.00. The number of carbonyl (C=O) groups excluding carboxylic acids is 2. The fraction of sp³-hybridized carbons (Fsp3) is 0.857. The number of rotatable bonds is 2. The minimum absolute atomic E-state index is 0.0526. The normalized spacial score (nSPS) is 36.9. The van der Waals surface area contributed by atoms with E-state index in [1.165, 1.54) is 0 Å². The molecule has 2 bridgehead atoms. The van der Waals surface area contributed by atoms with Crippen LogP contribution < -0.4 is 0 Å². The predicted octanol–water partition coefficient (Wildman–Crippen LogP) is 3.53. The van der Waals surface area contributed by atoms with E-state index < -0.39 is 0 Å². The van der Waals surface area contributed by atoms with Crippen LogP contribution in [0.1, 0.15) is 65.7 Å². The minimum atomic E-state index is -0.0601. The standard InChI is InChI=1S/C12H18O2.C2H6/c1-10(14)12-4-2-3-11(9-13,5-7-12)6-8-12;1-2/h9H,2-8H2,1H3;1-2H3. The molecule has 0 N–H and O–H groups in total. The first kappa shape index (κ1) is 13.4. The second-order valence-corrected chi connectivity index (χ2v) is 5.17. The molecule has 0 aliphatic heterocycles. The molecule has 0 atom stereocenters. The predicted molar refractivity (Wildman–Crippen MR) is 65.3 cm³/mol. The molecule has 16 heavy (non-hydrogen) atoms. The summed E-state index contributed by atoms with van der Waals surface area (Å²) in [5, 5.41) is 0. The maximum atomic E-state index is 11.6. The van der Waals surface area contributed by atoms with Crippen molar-refractivity contribution in [1.82, 2.24) is 0 Å². The largest absolute Gasteiger partial charge is 0.303 e. The average Bonchev–Trinajstić information content (AvgIpc) is 2.63. The van der Waals surface area contributed by atoms with Crippen LogP contribution in [0.2, 0.25) is 0 Å². The summed E-state index contributed by atoms with van der Waals surface area (Å²) in [5.41, 5.74) is -0.113. The maximum Gasteiger partial charge on any atom is 0.135 e. The van der Waals surface area contributed by atoms with Crippen LogP contribution in [-0.2, 0) is 9.59 Å². The summed E-state index contributed by atoms with van der Waals surface area (Å²) < 4.78 is 0. The van der Waals surface area contributed by atoms with Crippen molar-refractivity contribution >= 4 is 12.1 Å². The highest BCUT2D eigenvalue weighted by molar-refractivity contribution is 5.82. The topological polar surface area (TPSA) is 34.1 Å². The van der Waals surface area contributed by atoms with Gasteiger partial charge in [0.2, 0.25) is 0 Å². The van der Waals surface area contributed by atoms with Gasteiger partial charge in [-0.3, -0.25) is 4.79 Å². The van der Waals surface area contributed by atoms with E-state index >= 15 is 0 Å². The highest BCUT2D eigenvalue weighted by atomic mass is 16.1. The van der Waals surface area contributed by atoms with E-state index in [-0.39, 0.29) is 10.8 Å². The Hall–Kier alpha value is -0.660. The molecule has 0 unspecified atom stereocenters. The summed E-state index contributed by atoms with van der Waals surface area (Å²) in [5.74, 6) is 0.346. The Kier molecular flexibility index (Phi) is 4.28. The molecule has 2 heteroatoms. The molecular weight excluding hydrogens is 200 g/mol. The van der Waals surface area contributed by atoms with Crippen molar-refractivity contribution in [2.24, 2.45) is 10.8 Å². The van der Waals surface area contributed by atoms with Crippen molar-refractivity contribution in [3.63, 3.8) is 0 Å². The summed E-state index contributed by atoms with van der Waals surface area (Å²) in [6, 6.07) is 0. The Morgan fingerprint density at radius 2 is 1.56 bits per heavy atom. The second kappa shape index (κ2) is 5.11. The number of fused-ring (bicyclic) bond motifs is 4. The number of hydrogen-bond acceptors (Lipinski definition) is 2. The van der Waals surface area contributed by atoms with Crippen molar-refractivity contribution in [2.75, 3.05) is 0 Å². The Morgan fingerprint density at radius 3 is 2.00 bits per heavy atom. The van der Waals surface area contributed by atoms with Crippen molar-refractivity contribution in [1.29, 1.82) is 0 Å². The molecular formula is C14H24O2. The average molecular weight is 224 g/mol. The lowest BCUT2D eigenvalue weighted by Gasteiger charge is -2.38. The molecule has 0 aromatic carbocycles. The summed E-state index contributed by atoms with van der Waals surface area (Å²) in [7, 11) is 0. The lowest BCUT2D eigenvalue weighted by molar-refractivity contribution is -0.131. The molecule has 0 heterocycles. The lowest BCUT2D eigenvalue weighted by Crippen LogP contribution is -2.36. The van der Waals surface area contributed by atoms with Crippen LogP contribution in [0.5, 0.6) is 0 Å². The third-order valence-electron chi connectivity index (χ3n) is 4.53. The minimum Gasteiger partial charge on any atom is -0.303 e. The molecule has 0 aromatic heterocycles. The van der Waals surface area contributed by atoms with Crippen LogP contribution in [0.25, 0.3) is 0 Å². The zero-order chi connectivity index (χ0) is 12.2. The fourth-order valence-corrected chi connectivity index (χ4v) is 3.21. The molecule has 3 fully saturated rings. The van der Waals surface area contributed by atoms with Gasteiger partial charge in [-0.25, -0.2) is 0 Å². The van der Waals surface area contributed by atoms with Crippen molar-refractivity contribution < 1.29 is 9.59 Å². The van der Waals surface area contributed by atoms with Crippen molar-refractivity contribution in [2.45, 2.75) is 65.7 Å². The van der Waals surface area contributed by atoms with E-state index in [9.17, 15) is 9.59 Å². The van der Waals surface area contributed by atoms with E-state index in [2.05, 4.69) is 0 Å². The molecule has 3 saturated carbocycles. The van der Waals surface area contributed by atoms with Gasteiger partial charge in [-0.1, -0.05) is 20.3 Å². The Balaban J connectivity index is 0.000000606. The zero-order valence-corrected chi connectivity index (χ0v) is 10.8. The second-order valence-electron chi connectivity index (χ2n) is 5.17. The number of carbonyl (C=O) groups is 2. The highest BCUT2D eigenvalue weighted by Crippen LogP contribution is 2.53. The van der Waals surface area contributed by atoms with Gasteiger partial charge in [-0.15, -0.1) is 0 Å². The monoisotopic (exact) mass is 224 g/mol. The first-order valence-electron chi connectivity index (χ1n) is 6.60. The molecule has 0 amide bonds. The lowest BCUT2D eigenvalue weighted by atomic mass is 9.64. The van der Waals surface area contributed by atoms with E-state index in [1.54, 1.807) is 6.92 Å². The first-order chi connectivity index (χ1) is 7.63. The van der Waals surface area contributed by atoms with Gasteiger partial charge >= 0.3 is 0 Å². The fourth-order valence-electron chi connectivity index (χ4n) is 3.21. The van der Waals surface area contributed by atoms with Crippen molar-refractivity contribution in [3.8, 4) is 0 Å². The smallest absolute Gasteiger partial charge is 0.135 e. The Morgan fingerprint density at radius 1 is 1.00 bits per heavy atom. The molecule has 3 rings (SSSR count). The zero-order valence-electron chi connectivity index (χ0n) is 10.8. The molecule has 92 valence electrons. The van der Waals surface area contributed by atoms with Crippen LogP contribution >= 0.6 is 0 Å². The van der Waals surface area contributed by atoms with Gasteiger partial charge in [0.05, 0.1) is 0 Å². The number of hydrogen-bond donors (Lipinski definition) is 0. The summed E-state index contributed by atoms with van der Waals surface area (Å²) in [4.78, 5) is 22.7. The van der Waals surface area contributed by atoms with Gasteiger partial charge in [0, 0.05) is 10.8 Å². The van der Waals surface area contributed by atoms with Crippen LogP contribution in [0.3, 0.4) is 0 Å². The van der Waals surface area contributed by atoms with Gasteiger partial charge in [0.1, 0.15) is 12.1 Å². The third kappa shape index (κ3) is 2.21. The van der Waals surface area contributed by atoms with E-state index in [1.807, 2.05) is 13.8 Å². The first-order valence-corrected chi connectivity index (χ1v) is 6.60. The quantitative estimate of drug-likeness (QED) is 0.672. The highest BCUT2D eigenvalue weighted by Gasteiger charge is 2.47. The van der Waals surface area contributed by atoms with E-state index in [4.69, 9.17) is 0 Å². The van der Waals surface area contributed by atoms with Gasteiger partial charge in [0.25, 0.3) is 0 Å². The molecule has 0 saturated heterocycles. The van der Waals surface area contributed by atoms with Crippen LogP contribution in [0.4, 0.5) is 0 Å². The van der Waals surface area contributed by atoms with Gasteiger partial charge < -0.3 is 4.79 Å². The molecule has 0 radical (unpaired) electrons. The molecule has 2 nitrogen and oxygen atoms in total. The van der Waals surface area contributed by atoms with Crippen LogP contribution in [-0.4, -0.2) is 12.1 Å².